The van der Waals surface area contributed by atoms with Crippen molar-refractivity contribution in [3.63, 3.8) is 0 Å². The molecule has 0 amide bonds. The number of ether oxygens (including phenoxy) is 1. The summed E-state index contributed by atoms with van der Waals surface area (Å²) < 4.78 is 5.60. The van der Waals surface area contributed by atoms with Gasteiger partial charge in [-0.2, -0.15) is 4.98 Å². The molecule has 82 valence electrons. The maximum Gasteiger partial charge on any atom is 0.217 e. The lowest BCUT2D eigenvalue weighted by atomic mass is 10.2. The standard InChI is InChI=1S/C13H14N2O/c1-10-8-13(15-11(2)14-10)16-9-12-6-4-3-5-7-12/h3-8H,9H2,1-2H3. The molecule has 0 atom stereocenters. The first-order valence-corrected chi connectivity index (χ1v) is 5.23. The molecular weight excluding hydrogens is 200 g/mol. The molecule has 0 N–H and O–H groups in total. The number of benzene rings is 1. The summed E-state index contributed by atoms with van der Waals surface area (Å²) in [5, 5.41) is 0. The molecule has 3 nitrogen and oxygen atoms in total. The van der Waals surface area contributed by atoms with E-state index < -0.39 is 0 Å². The van der Waals surface area contributed by atoms with Crippen LogP contribution in [-0.2, 0) is 6.61 Å². The molecule has 2 aromatic rings. The Morgan fingerprint density at radius 2 is 1.81 bits per heavy atom. The van der Waals surface area contributed by atoms with Gasteiger partial charge in [0.25, 0.3) is 0 Å². The number of aromatic nitrogens is 2. The monoisotopic (exact) mass is 214 g/mol. The van der Waals surface area contributed by atoms with Crippen LogP contribution in [0.5, 0.6) is 5.88 Å². The highest BCUT2D eigenvalue weighted by atomic mass is 16.5. The first kappa shape index (κ1) is 10.6. The molecule has 0 saturated carbocycles. The molecular formula is C13H14N2O. The van der Waals surface area contributed by atoms with E-state index in [2.05, 4.69) is 9.97 Å². The van der Waals surface area contributed by atoms with Gasteiger partial charge in [0.1, 0.15) is 12.4 Å². The Hall–Kier alpha value is -1.90. The fourth-order valence-electron chi connectivity index (χ4n) is 1.49. The van der Waals surface area contributed by atoms with E-state index >= 15 is 0 Å². The van der Waals surface area contributed by atoms with E-state index in [9.17, 15) is 0 Å². The molecule has 0 bridgehead atoms. The highest BCUT2D eigenvalue weighted by molar-refractivity contribution is 5.17. The van der Waals surface area contributed by atoms with Gasteiger partial charge >= 0.3 is 0 Å². The summed E-state index contributed by atoms with van der Waals surface area (Å²) in [6, 6.07) is 11.9. The zero-order valence-corrected chi connectivity index (χ0v) is 9.47. The summed E-state index contributed by atoms with van der Waals surface area (Å²) in [6.07, 6.45) is 0. The normalized spacial score (nSPS) is 10.1. The number of hydrogen-bond donors (Lipinski definition) is 0. The predicted octanol–water partition coefficient (Wildman–Crippen LogP) is 2.67. The maximum absolute atomic E-state index is 5.60. The Balaban J connectivity index is 2.05. The van der Waals surface area contributed by atoms with Crippen LogP contribution in [0.25, 0.3) is 0 Å². The smallest absolute Gasteiger partial charge is 0.217 e. The molecule has 1 heterocycles. The third-order valence-electron chi connectivity index (χ3n) is 2.17. The van der Waals surface area contributed by atoms with Crippen LogP contribution in [0, 0.1) is 13.8 Å². The van der Waals surface area contributed by atoms with E-state index in [1.54, 1.807) is 0 Å². The molecule has 0 aliphatic carbocycles. The van der Waals surface area contributed by atoms with Crippen LogP contribution < -0.4 is 4.74 Å². The predicted molar refractivity (Wildman–Crippen MR) is 62.3 cm³/mol. The van der Waals surface area contributed by atoms with E-state index in [4.69, 9.17) is 4.74 Å². The number of hydrogen-bond acceptors (Lipinski definition) is 3. The molecule has 0 unspecified atom stereocenters. The van der Waals surface area contributed by atoms with E-state index in [0.717, 1.165) is 17.1 Å². The topological polar surface area (TPSA) is 35.0 Å². The molecule has 2 rings (SSSR count). The van der Waals surface area contributed by atoms with Crippen molar-refractivity contribution in [1.29, 1.82) is 0 Å². The third-order valence-corrected chi connectivity index (χ3v) is 2.17. The summed E-state index contributed by atoms with van der Waals surface area (Å²) >= 11 is 0. The van der Waals surface area contributed by atoms with E-state index in [1.807, 2.05) is 50.2 Å². The molecule has 1 aromatic carbocycles. The van der Waals surface area contributed by atoms with E-state index in [-0.39, 0.29) is 0 Å². The first-order valence-electron chi connectivity index (χ1n) is 5.23. The van der Waals surface area contributed by atoms with Gasteiger partial charge in [-0.05, 0) is 19.4 Å². The van der Waals surface area contributed by atoms with Crippen molar-refractivity contribution in [2.75, 3.05) is 0 Å². The summed E-state index contributed by atoms with van der Waals surface area (Å²) in [7, 11) is 0. The summed E-state index contributed by atoms with van der Waals surface area (Å²) in [5.41, 5.74) is 2.06. The van der Waals surface area contributed by atoms with Crippen LogP contribution in [0.4, 0.5) is 0 Å². The van der Waals surface area contributed by atoms with Gasteiger partial charge in [0.15, 0.2) is 0 Å². The van der Waals surface area contributed by atoms with Crippen molar-refractivity contribution in [2.24, 2.45) is 0 Å². The van der Waals surface area contributed by atoms with Gasteiger partial charge in [-0.15, -0.1) is 0 Å². The number of rotatable bonds is 3. The van der Waals surface area contributed by atoms with Crippen LogP contribution >= 0.6 is 0 Å². The van der Waals surface area contributed by atoms with Gasteiger partial charge in [0.05, 0.1) is 0 Å². The molecule has 1 aromatic heterocycles. The maximum atomic E-state index is 5.60. The Kier molecular flexibility index (Phi) is 3.15. The largest absolute Gasteiger partial charge is 0.473 e. The minimum Gasteiger partial charge on any atom is -0.473 e. The number of aryl methyl sites for hydroxylation is 2. The minimum absolute atomic E-state index is 0.538. The molecule has 0 aliphatic rings. The Bertz CT molecular complexity index is 448. The Morgan fingerprint density at radius 3 is 2.50 bits per heavy atom. The summed E-state index contributed by atoms with van der Waals surface area (Å²) in [5.74, 6) is 1.37. The second kappa shape index (κ2) is 4.75. The Labute approximate surface area is 95.1 Å². The van der Waals surface area contributed by atoms with Crippen molar-refractivity contribution in [1.82, 2.24) is 9.97 Å². The zero-order chi connectivity index (χ0) is 11.4. The van der Waals surface area contributed by atoms with Crippen LogP contribution in [0.2, 0.25) is 0 Å². The molecule has 0 spiro atoms. The van der Waals surface area contributed by atoms with Gasteiger partial charge in [0.2, 0.25) is 5.88 Å². The average molecular weight is 214 g/mol. The van der Waals surface area contributed by atoms with Crippen molar-refractivity contribution in [3.05, 3.63) is 53.5 Å². The highest BCUT2D eigenvalue weighted by Gasteiger charge is 2.00. The molecule has 3 heteroatoms. The first-order chi connectivity index (χ1) is 7.74. The summed E-state index contributed by atoms with van der Waals surface area (Å²) in [4.78, 5) is 8.41. The lowest BCUT2D eigenvalue weighted by Gasteiger charge is -2.06. The fraction of sp³-hybridized carbons (Fsp3) is 0.231. The molecule has 16 heavy (non-hydrogen) atoms. The second-order valence-corrected chi connectivity index (χ2v) is 3.67. The highest BCUT2D eigenvalue weighted by Crippen LogP contribution is 2.10. The van der Waals surface area contributed by atoms with Gasteiger partial charge < -0.3 is 4.74 Å². The molecule has 0 radical (unpaired) electrons. The van der Waals surface area contributed by atoms with Crippen LogP contribution in [-0.4, -0.2) is 9.97 Å². The van der Waals surface area contributed by atoms with Crippen molar-refractivity contribution in [3.8, 4) is 5.88 Å². The van der Waals surface area contributed by atoms with Crippen molar-refractivity contribution < 1.29 is 4.74 Å². The lowest BCUT2D eigenvalue weighted by molar-refractivity contribution is 0.292. The van der Waals surface area contributed by atoms with Crippen LogP contribution in [0.15, 0.2) is 36.4 Å². The van der Waals surface area contributed by atoms with Gasteiger partial charge in [-0.25, -0.2) is 4.98 Å². The van der Waals surface area contributed by atoms with Gasteiger partial charge in [0, 0.05) is 11.8 Å². The average Bonchev–Trinajstić information content (AvgIpc) is 2.27. The fourth-order valence-corrected chi connectivity index (χ4v) is 1.49. The van der Waals surface area contributed by atoms with Gasteiger partial charge in [-0.3, -0.25) is 0 Å². The molecule has 0 aliphatic heterocycles. The Morgan fingerprint density at radius 1 is 1.06 bits per heavy atom. The third kappa shape index (κ3) is 2.79. The summed E-state index contributed by atoms with van der Waals surface area (Å²) in [6.45, 7) is 4.34. The van der Waals surface area contributed by atoms with Gasteiger partial charge in [-0.1, -0.05) is 30.3 Å². The van der Waals surface area contributed by atoms with Crippen molar-refractivity contribution in [2.45, 2.75) is 20.5 Å². The molecule has 0 fully saturated rings. The zero-order valence-electron chi connectivity index (χ0n) is 9.47. The van der Waals surface area contributed by atoms with Crippen LogP contribution in [0.1, 0.15) is 17.1 Å². The molecule has 0 saturated heterocycles. The second-order valence-electron chi connectivity index (χ2n) is 3.67. The van der Waals surface area contributed by atoms with E-state index in [1.165, 1.54) is 0 Å². The van der Waals surface area contributed by atoms with E-state index in [0.29, 0.717) is 12.5 Å². The lowest BCUT2D eigenvalue weighted by Crippen LogP contribution is -2.00. The quantitative estimate of drug-likeness (QED) is 0.787. The SMILES string of the molecule is Cc1cc(OCc2ccccc2)nc(C)n1. The number of nitrogens with zero attached hydrogens (tertiary/aromatic N) is 2. The van der Waals surface area contributed by atoms with Crippen LogP contribution in [0.3, 0.4) is 0 Å². The minimum atomic E-state index is 0.538. The van der Waals surface area contributed by atoms with Crippen molar-refractivity contribution >= 4 is 0 Å².